The minimum atomic E-state index is -3.80. The van der Waals surface area contributed by atoms with E-state index in [1.165, 1.54) is 30.3 Å². The van der Waals surface area contributed by atoms with Gasteiger partial charge in [0.15, 0.2) is 0 Å². The lowest BCUT2D eigenvalue weighted by molar-refractivity contribution is 0.305. The van der Waals surface area contributed by atoms with Gasteiger partial charge in [0.05, 0.1) is 9.92 Å². The average molecular weight is 316 g/mol. The first-order valence-electron chi connectivity index (χ1n) is 5.56. The van der Waals surface area contributed by atoms with Gasteiger partial charge in [-0.05, 0) is 35.9 Å². The van der Waals surface area contributed by atoms with Crippen LogP contribution in [0.25, 0.3) is 0 Å². The summed E-state index contributed by atoms with van der Waals surface area (Å²) < 4.78 is 40.7. The standard InChI is InChI=1S/C13H11ClFNO3S/c14-12-7-11(20(16,17)18)4-5-13(12)19-8-9-2-1-3-10(15)6-9/h1-7H,8H2,(H2,16,17,18). The molecule has 0 bridgehead atoms. The van der Waals surface area contributed by atoms with E-state index in [1.54, 1.807) is 12.1 Å². The predicted molar refractivity (Wildman–Crippen MR) is 73.6 cm³/mol. The Morgan fingerprint density at radius 1 is 1.20 bits per heavy atom. The molecule has 0 fully saturated rings. The first kappa shape index (κ1) is 14.8. The zero-order valence-electron chi connectivity index (χ0n) is 10.2. The Kier molecular flexibility index (Phi) is 4.27. The van der Waals surface area contributed by atoms with E-state index in [1.807, 2.05) is 0 Å². The van der Waals surface area contributed by atoms with E-state index in [0.717, 1.165) is 0 Å². The summed E-state index contributed by atoms with van der Waals surface area (Å²) in [6.07, 6.45) is 0. The van der Waals surface area contributed by atoms with Crippen LogP contribution in [0.3, 0.4) is 0 Å². The Balaban J connectivity index is 2.15. The van der Waals surface area contributed by atoms with Crippen LogP contribution in [0.1, 0.15) is 5.56 Å². The molecule has 106 valence electrons. The van der Waals surface area contributed by atoms with Gasteiger partial charge >= 0.3 is 0 Å². The largest absolute Gasteiger partial charge is 0.487 e. The number of ether oxygens (including phenoxy) is 1. The van der Waals surface area contributed by atoms with Crippen LogP contribution in [-0.2, 0) is 16.6 Å². The Morgan fingerprint density at radius 3 is 2.55 bits per heavy atom. The lowest BCUT2D eigenvalue weighted by Gasteiger charge is -2.09. The molecule has 0 atom stereocenters. The molecule has 20 heavy (non-hydrogen) atoms. The third-order valence-electron chi connectivity index (χ3n) is 2.52. The first-order valence-corrected chi connectivity index (χ1v) is 7.48. The average Bonchev–Trinajstić information content (AvgIpc) is 2.36. The van der Waals surface area contributed by atoms with Crippen LogP contribution >= 0.6 is 11.6 Å². The normalized spacial score (nSPS) is 11.3. The highest BCUT2D eigenvalue weighted by molar-refractivity contribution is 7.89. The highest BCUT2D eigenvalue weighted by Gasteiger charge is 2.11. The predicted octanol–water partition coefficient (Wildman–Crippen LogP) is 2.71. The summed E-state index contributed by atoms with van der Waals surface area (Å²) in [5, 5.41) is 5.11. The quantitative estimate of drug-likeness (QED) is 0.943. The molecule has 0 saturated heterocycles. The van der Waals surface area contributed by atoms with Crippen LogP contribution in [0, 0.1) is 5.82 Å². The van der Waals surface area contributed by atoms with Gasteiger partial charge in [0.2, 0.25) is 10.0 Å². The molecule has 4 nitrogen and oxygen atoms in total. The van der Waals surface area contributed by atoms with Crippen LogP contribution in [0.5, 0.6) is 5.75 Å². The van der Waals surface area contributed by atoms with Crippen LogP contribution in [-0.4, -0.2) is 8.42 Å². The third kappa shape index (κ3) is 3.69. The van der Waals surface area contributed by atoms with E-state index in [2.05, 4.69) is 0 Å². The maximum Gasteiger partial charge on any atom is 0.238 e. The number of nitrogens with two attached hydrogens (primary N) is 1. The van der Waals surface area contributed by atoms with Crippen molar-refractivity contribution in [1.82, 2.24) is 0 Å². The van der Waals surface area contributed by atoms with Crippen LogP contribution < -0.4 is 9.88 Å². The van der Waals surface area contributed by atoms with Gasteiger partial charge in [0, 0.05) is 0 Å². The van der Waals surface area contributed by atoms with Crippen LogP contribution in [0.4, 0.5) is 4.39 Å². The van der Waals surface area contributed by atoms with E-state index in [0.29, 0.717) is 11.3 Å². The molecule has 0 aliphatic carbocycles. The SMILES string of the molecule is NS(=O)(=O)c1ccc(OCc2cccc(F)c2)c(Cl)c1. The van der Waals surface area contributed by atoms with E-state index in [9.17, 15) is 12.8 Å². The molecule has 0 aromatic heterocycles. The van der Waals surface area contributed by atoms with Crippen molar-refractivity contribution in [3.63, 3.8) is 0 Å². The van der Waals surface area contributed by atoms with Crippen molar-refractivity contribution in [1.29, 1.82) is 0 Å². The van der Waals surface area contributed by atoms with Crippen molar-refractivity contribution in [2.45, 2.75) is 11.5 Å². The van der Waals surface area contributed by atoms with E-state index >= 15 is 0 Å². The zero-order valence-corrected chi connectivity index (χ0v) is 11.8. The van der Waals surface area contributed by atoms with Gasteiger partial charge in [-0.1, -0.05) is 23.7 Å². The molecule has 2 N–H and O–H groups in total. The fourth-order valence-electron chi connectivity index (χ4n) is 1.56. The van der Waals surface area contributed by atoms with Crippen molar-refractivity contribution >= 4 is 21.6 Å². The summed E-state index contributed by atoms with van der Waals surface area (Å²) in [7, 11) is -3.80. The van der Waals surface area contributed by atoms with Gasteiger partial charge in [-0.25, -0.2) is 17.9 Å². The summed E-state index contributed by atoms with van der Waals surface area (Å²) in [5.74, 6) is -0.0647. The smallest absolute Gasteiger partial charge is 0.238 e. The molecule has 2 rings (SSSR count). The lowest BCUT2D eigenvalue weighted by Crippen LogP contribution is -2.12. The molecular weight excluding hydrogens is 305 g/mol. The number of hydrogen-bond acceptors (Lipinski definition) is 3. The van der Waals surface area contributed by atoms with Crippen LogP contribution in [0.2, 0.25) is 5.02 Å². The number of sulfonamides is 1. The third-order valence-corrected chi connectivity index (χ3v) is 3.72. The zero-order chi connectivity index (χ0) is 14.8. The molecule has 0 unspecified atom stereocenters. The van der Waals surface area contributed by atoms with E-state index in [-0.39, 0.29) is 22.3 Å². The molecule has 2 aromatic rings. The topological polar surface area (TPSA) is 69.4 Å². The van der Waals surface area contributed by atoms with E-state index < -0.39 is 10.0 Å². The fourth-order valence-corrected chi connectivity index (χ4v) is 2.40. The molecule has 7 heteroatoms. The summed E-state index contributed by atoms with van der Waals surface area (Å²) in [4.78, 5) is -0.0967. The fraction of sp³-hybridized carbons (Fsp3) is 0.0769. The van der Waals surface area contributed by atoms with Crippen LogP contribution in [0.15, 0.2) is 47.4 Å². The number of benzene rings is 2. The molecule has 0 aliphatic rings. The van der Waals surface area contributed by atoms with Gasteiger partial charge in [0.1, 0.15) is 18.2 Å². The highest BCUT2D eigenvalue weighted by atomic mass is 35.5. The molecule has 0 aliphatic heterocycles. The summed E-state index contributed by atoms with van der Waals surface area (Å²) >= 11 is 5.91. The monoisotopic (exact) mass is 315 g/mol. The summed E-state index contributed by atoms with van der Waals surface area (Å²) in [6, 6.07) is 9.85. The Hall–Kier alpha value is -1.63. The maximum absolute atomic E-state index is 13.0. The van der Waals surface area contributed by atoms with Crippen molar-refractivity contribution < 1.29 is 17.5 Å². The Morgan fingerprint density at radius 2 is 1.95 bits per heavy atom. The Labute approximate surface area is 121 Å². The second-order valence-electron chi connectivity index (χ2n) is 4.06. The van der Waals surface area contributed by atoms with Gasteiger partial charge in [-0.15, -0.1) is 0 Å². The first-order chi connectivity index (χ1) is 9.36. The van der Waals surface area contributed by atoms with Gasteiger partial charge < -0.3 is 4.74 Å². The van der Waals surface area contributed by atoms with E-state index in [4.69, 9.17) is 21.5 Å². The van der Waals surface area contributed by atoms with Gasteiger partial charge in [-0.2, -0.15) is 0 Å². The summed E-state index contributed by atoms with van der Waals surface area (Å²) in [6.45, 7) is 0.117. The van der Waals surface area contributed by atoms with Crippen molar-refractivity contribution in [3.05, 3.63) is 58.9 Å². The molecular formula is C13H11ClFNO3S. The second-order valence-corrected chi connectivity index (χ2v) is 6.02. The van der Waals surface area contributed by atoms with Crippen molar-refractivity contribution in [2.24, 2.45) is 5.14 Å². The minimum absolute atomic E-state index is 0.0967. The molecule has 0 radical (unpaired) electrons. The number of rotatable bonds is 4. The second kappa shape index (κ2) is 5.78. The number of primary sulfonamides is 1. The van der Waals surface area contributed by atoms with Crippen molar-refractivity contribution in [2.75, 3.05) is 0 Å². The molecule has 2 aromatic carbocycles. The lowest BCUT2D eigenvalue weighted by atomic mass is 10.2. The highest BCUT2D eigenvalue weighted by Crippen LogP contribution is 2.27. The van der Waals surface area contributed by atoms with Gasteiger partial charge in [0.25, 0.3) is 0 Å². The number of halogens is 2. The molecule has 0 spiro atoms. The number of hydrogen-bond donors (Lipinski definition) is 1. The maximum atomic E-state index is 13.0. The molecule has 0 saturated carbocycles. The summed E-state index contributed by atoms with van der Waals surface area (Å²) in [5.41, 5.74) is 0.636. The van der Waals surface area contributed by atoms with Crippen molar-refractivity contribution in [3.8, 4) is 5.75 Å². The van der Waals surface area contributed by atoms with Gasteiger partial charge in [-0.3, -0.25) is 0 Å². The molecule has 0 amide bonds. The molecule has 0 heterocycles. The Bertz CT molecular complexity index is 734. The minimum Gasteiger partial charge on any atom is -0.487 e.